The van der Waals surface area contributed by atoms with Gasteiger partial charge in [0.25, 0.3) is 0 Å². The maximum Gasteiger partial charge on any atom is 0.354 e. The van der Waals surface area contributed by atoms with Gasteiger partial charge in [-0.25, -0.2) is 14.8 Å². The number of aryl methyl sites for hydroxylation is 1. The lowest BCUT2D eigenvalue weighted by Gasteiger charge is -2.05. The lowest BCUT2D eigenvalue weighted by Crippen LogP contribution is -2.11. The van der Waals surface area contributed by atoms with Crippen LogP contribution >= 0.6 is 11.8 Å². The second-order valence-electron chi connectivity index (χ2n) is 2.94. The first-order chi connectivity index (χ1) is 7.13. The number of anilines is 1. The molecule has 0 saturated carbocycles. The average Bonchev–Trinajstić information content (AvgIpc) is 2.17. The molecule has 0 unspecified atom stereocenters. The zero-order valence-electron chi connectivity index (χ0n) is 8.65. The number of carbonyl (C=O) groups is 1. The van der Waals surface area contributed by atoms with Crippen LogP contribution in [0.2, 0.25) is 0 Å². The Kier molecular flexibility index (Phi) is 4.36. The number of carboxylic acids is 1. The number of rotatable bonds is 5. The third kappa shape index (κ3) is 3.75. The number of carboxylic acid groups (broad SMARTS) is 1. The van der Waals surface area contributed by atoms with Crippen LogP contribution in [-0.4, -0.2) is 39.6 Å². The third-order valence-electron chi connectivity index (χ3n) is 1.66. The number of hydrogen-bond acceptors (Lipinski definition) is 5. The Morgan fingerprint density at radius 2 is 2.33 bits per heavy atom. The highest BCUT2D eigenvalue weighted by molar-refractivity contribution is 7.98. The van der Waals surface area contributed by atoms with Crippen molar-refractivity contribution in [1.29, 1.82) is 0 Å². The van der Waals surface area contributed by atoms with Gasteiger partial charge in [-0.05, 0) is 19.2 Å². The summed E-state index contributed by atoms with van der Waals surface area (Å²) in [4.78, 5) is 18.7. The first kappa shape index (κ1) is 11.8. The molecule has 0 radical (unpaired) electrons. The van der Waals surface area contributed by atoms with Gasteiger partial charge in [0.1, 0.15) is 0 Å². The maximum atomic E-state index is 10.7. The van der Waals surface area contributed by atoms with E-state index in [1.54, 1.807) is 18.7 Å². The maximum absolute atomic E-state index is 10.7. The van der Waals surface area contributed by atoms with E-state index in [0.29, 0.717) is 11.6 Å². The minimum absolute atomic E-state index is 0.0224. The van der Waals surface area contributed by atoms with Gasteiger partial charge in [0.2, 0.25) is 5.95 Å². The van der Waals surface area contributed by atoms with Crippen LogP contribution in [0.4, 0.5) is 5.95 Å². The summed E-state index contributed by atoms with van der Waals surface area (Å²) >= 11 is 1.70. The zero-order chi connectivity index (χ0) is 11.3. The number of nitrogens with one attached hydrogen (secondary N) is 1. The summed E-state index contributed by atoms with van der Waals surface area (Å²) in [5.41, 5.74) is 0.670. The highest BCUT2D eigenvalue weighted by Crippen LogP contribution is 2.05. The Morgan fingerprint density at radius 3 is 2.93 bits per heavy atom. The molecule has 1 heterocycles. The van der Waals surface area contributed by atoms with Crippen molar-refractivity contribution in [2.75, 3.05) is 23.9 Å². The van der Waals surface area contributed by atoms with Crippen molar-refractivity contribution in [3.63, 3.8) is 0 Å². The van der Waals surface area contributed by atoms with E-state index < -0.39 is 5.97 Å². The van der Waals surface area contributed by atoms with Gasteiger partial charge in [0, 0.05) is 18.0 Å². The number of thioether (sulfide) groups is 1. The molecule has 1 aromatic heterocycles. The fraction of sp³-hybridized carbons (Fsp3) is 0.444. The monoisotopic (exact) mass is 227 g/mol. The summed E-state index contributed by atoms with van der Waals surface area (Å²) in [6.07, 6.45) is 2.00. The number of hydrogen-bond donors (Lipinski definition) is 2. The SMILES string of the molecule is CSCCNc1nc(C)cc(C(=O)O)n1. The second kappa shape index (κ2) is 5.55. The van der Waals surface area contributed by atoms with Crippen molar-refractivity contribution in [3.05, 3.63) is 17.5 Å². The summed E-state index contributed by atoms with van der Waals surface area (Å²) in [5, 5.41) is 11.8. The molecule has 0 aliphatic heterocycles. The molecule has 2 N–H and O–H groups in total. The minimum atomic E-state index is -1.03. The lowest BCUT2D eigenvalue weighted by atomic mass is 10.3. The molecule has 1 rings (SSSR count). The van der Waals surface area contributed by atoms with Crippen LogP contribution in [0.3, 0.4) is 0 Å². The Morgan fingerprint density at radius 1 is 1.60 bits per heavy atom. The van der Waals surface area contributed by atoms with E-state index in [1.807, 2.05) is 6.26 Å². The topological polar surface area (TPSA) is 75.1 Å². The molecule has 1 aromatic rings. The average molecular weight is 227 g/mol. The van der Waals surface area contributed by atoms with Crippen LogP contribution in [0.25, 0.3) is 0 Å². The van der Waals surface area contributed by atoms with Gasteiger partial charge in [-0.2, -0.15) is 11.8 Å². The quantitative estimate of drug-likeness (QED) is 0.737. The molecular formula is C9H13N3O2S. The molecule has 0 bridgehead atoms. The molecule has 0 spiro atoms. The first-order valence-corrected chi connectivity index (χ1v) is 5.84. The van der Waals surface area contributed by atoms with Gasteiger partial charge >= 0.3 is 5.97 Å². The van der Waals surface area contributed by atoms with Gasteiger partial charge in [-0.15, -0.1) is 0 Å². The summed E-state index contributed by atoms with van der Waals surface area (Å²) < 4.78 is 0. The molecule has 0 fully saturated rings. The predicted molar refractivity (Wildman–Crippen MR) is 60.6 cm³/mol. The Bertz CT molecular complexity index is 357. The van der Waals surface area contributed by atoms with Crippen LogP contribution in [0.5, 0.6) is 0 Å². The predicted octanol–water partition coefficient (Wildman–Crippen LogP) is 1.26. The van der Waals surface area contributed by atoms with E-state index >= 15 is 0 Å². The highest BCUT2D eigenvalue weighted by atomic mass is 32.2. The largest absolute Gasteiger partial charge is 0.477 e. The smallest absolute Gasteiger partial charge is 0.354 e. The fourth-order valence-corrected chi connectivity index (χ4v) is 1.33. The van der Waals surface area contributed by atoms with Crippen LogP contribution in [0, 0.1) is 6.92 Å². The molecule has 0 saturated heterocycles. The van der Waals surface area contributed by atoms with Crippen molar-refractivity contribution >= 4 is 23.7 Å². The van der Waals surface area contributed by atoms with Gasteiger partial charge < -0.3 is 10.4 Å². The van der Waals surface area contributed by atoms with Crippen LogP contribution in [0.15, 0.2) is 6.07 Å². The van der Waals surface area contributed by atoms with Crippen molar-refractivity contribution in [1.82, 2.24) is 9.97 Å². The van der Waals surface area contributed by atoms with Gasteiger partial charge in [0.05, 0.1) is 0 Å². The number of aromatic nitrogens is 2. The second-order valence-corrected chi connectivity index (χ2v) is 3.93. The Hall–Kier alpha value is -1.30. The molecule has 6 heteroatoms. The Balaban J connectivity index is 2.75. The highest BCUT2D eigenvalue weighted by Gasteiger charge is 2.07. The van der Waals surface area contributed by atoms with Crippen LogP contribution in [-0.2, 0) is 0 Å². The summed E-state index contributed by atoms with van der Waals surface area (Å²) in [6.45, 7) is 2.47. The van der Waals surface area contributed by atoms with Gasteiger partial charge in [0.15, 0.2) is 5.69 Å². The molecule has 0 atom stereocenters. The molecule has 5 nitrogen and oxygen atoms in total. The van der Waals surface area contributed by atoms with Crippen molar-refractivity contribution in [2.24, 2.45) is 0 Å². The van der Waals surface area contributed by atoms with Crippen molar-refractivity contribution < 1.29 is 9.90 Å². The van der Waals surface area contributed by atoms with E-state index in [4.69, 9.17) is 5.11 Å². The van der Waals surface area contributed by atoms with E-state index in [9.17, 15) is 4.79 Å². The molecule has 82 valence electrons. The van der Waals surface area contributed by atoms with E-state index in [0.717, 1.165) is 12.3 Å². The summed E-state index contributed by atoms with van der Waals surface area (Å²) in [5.74, 6) is 0.273. The molecule has 0 aromatic carbocycles. The Labute approximate surface area is 92.3 Å². The zero-order valence-corrected chi connectivity index (χ0v) is 9.47. The molecule has 0 amide bonds. The van der Waals surface area contributed by atoms with Crippen LogP contribution < -0.4 is 5.32 Å². The fourth-order valence-electron chi connectivity index (χ4n) is 1.02. The molecule has 0 aliphatic rings. The molecule has 15 heavy (non-hydrogen) atoms. The summed E-state index contributed by atoms with van der Waals surface area (Å²) in [6, 6.07) is 1.45. The molecular weight excluding hydrogens is 214 g/mol. The van der Waals surface area contributed by atoms with Crippen molar-refractivity contribution in [2.45, 2.75) is 6.92 Å². The van der Waals surface area contributed by atoms with E-state index in [-0.39, 0.29) is 5.69 Å². The lowest BCUT2D eigenvalue weighted by molar-refractivity contribution is 0.0690. The van der Waals surface area contributed by atoms with Crippen molar-refractivity contribution in [3.8, 4) is 0 Å². The number of nitrogens with zero attached hydrogens (tertiary/aromatic N) is 2. The third-order valence-corrected chi connectivity index (χ3v) is 2.28. The van der Waals surface area contributed by atoms with E-state index in [1.165, 1.54) is 6.07 Å². The minimum Gasteiger partial charge on any atom is -0.477 e. The van der Waals surface area contributed by atoms with Gasteiger partial charge in [-0.1, -0.05) is 0 Å². The van der Waals surface area contributed by atoms with Gasteiger partial charge in [-0.3, -0.25) is 0 Å². The standard InChI is InChI=1S/C9H13N3O2S/c1-6-5-7(8(13)14)12-9(11-6)10-3-4-15-2/h5H,3-4H2,1-2H3,(H,13,14)(H,10,11,12). The van der Waals surface area contributed by atoms with Crippen LogP contribution in [0.1, 0.15) is 16.2 Å². The number of aromatic carboxylic acids is 1. The molecule has 0 aliphatic carbocycles. The first-order valence-electron chi connectivity index (χ1n) is 4.45. The summed E-state index contributed by atoms with van der Waals surface area (Å²) in [7, 11) is 0. The normalized spacial score (nSPS) is 10.0. The van der Waals surface area contributed by atoms with E-state index in [2.05, 4.69) is 15.3 Å².